The molecule has 112 valence electrons. The average Bonchev–Trinajstić information content (AvgIpc) is 2.53. The van der Waals surface area contributed by atoms with E-state index in [2.05, 4.69) is 27.7 Å². The molecule has 0 aliphatic heterocycles. The van der Waals surface area contributed by atoms with Gasteiger partial charge in [0.1, 0.15) is 0 Å². The summed E-state index contributed by atoms with van der Waals surface area (Å²) in [5.41, 5.74) is 6.38. The molecule has 0 saturated heterocycles. The average molecular weight is 411 g/mol. The first-order valence-electron chi connectivity index (χ1n) is 6.02. The second-order valence-corrected chi connectivity index (χ2v) is 5.41. The molecule has 2 N–H and O–H groups in total. The lowest BCUT2D eigenvalue weighted by atomic mass is 10.2. The minimum absolute atomic E-state index is 0.0474. The number of nitrogens with zero attached hydrogens (tertiary/aromatic N) is 2. The Morgan fingerprint density at radius 2 is 1.64 bits per heavy atom. The van der Waals surface area contributed by atoms with E-state index < -0.39 is 10.9 Å². The number of oxime groups is 1. The number of halogens is 1. The van der Waals surface area contributed by atoms with Crippen LogP contribution in [0.4, 0.5) is 5.69 Å². The van der Waals surface area contributed by atoms with Crippen LogP contribution >= 0.6 is 22.6 Å². The van der Waals surface area contributed by atoms with E-state index in [-0.39, 0.29) is 11.5 Å². The van der Waals surface area contributed by atoms with Gasteiger partial charge in [-0.1, -0.05) is 5.16 Å². The molecule has 2 aromatic rings. The smallest absolute Gasteiger partial charge is 0.365 e. The van der Waals surface area contributed by atoms with Crippen molar-refractivity contribution in [2.45, 2.75) is 0 Å². The molecule has 0 atom stereocenters. The van der Waals surface area contributed by atoms with Crippen molar-refractivity contribution in [3.63, 3.8) is 0 Å². The number of hydrogen-bond acceptors (Lipinski definition) is 5. The lowest BCUT2D eigenvalue weighted by molar-refractivity contribution is -0.384. The highest BCUT2D eigenvalue weighted by Crippen LogP contribution is 2.12. The van der Waals surface area contributed by atoms with Crippen molar-refractivity contribution >= 4 is 40.1 Å². The van der Waals surface area contributed by atoms with Crippen molar-refractivity contribution in [2.24, 2.45) is 10.9 Å². The lowest BCUT2D eigenvalue weighted by Crippen LogP contribution is -2.15. The van der Waals surface area contributed by atoms with Gasteiger partial charge in [-0.3, -0.25) is 10.1 Å². The third-order valence-corrected chi connectivity index (χ3v) is 3.40. The number of amidine groups is 1. The first kappa shape index (κ1) is 15.9. The maximum Gasteiger partial charge on any atom is 0.365 e. The van der Waals surface area contributed by atoms with E-state index in [4.69, 9.17) is 10.6 Å². The molecule has 0 aromatic heterocycles. The Labute approximate surface area is 139 Å². The number of carbonyl (C=O) groups excluding carboxylic acids is 1. The van der Waals surface area contributed by atoms with Crippen LogP contribution in [0.2, 0.25) is 0 Å². The number of nitrogens with two attached hydrogens (primary N) is 1. The normalized spacial score (nSPS) is 11.0. The summed E-state index contributed by atoms with van der Waals surface area (Å²) in [5, 5.41) is 14.1. The van der Waals surface area contributed by atoms with Crippen LogP contribution in [-0.2, 0) is 4.84 Å². The van der Waals surface area contributed by atoms with Crippen LogP contribution in [0.3, 0.4) is 0 Å². The van der Waals surface area contributed by atoms with Crippen LogP contribution in [0.15, 0.2) is 53.7 Å². The van der Waals surface area contributed by atoms with Gasteiger partial charge >= 0.3 is 5.97 Å². The molecule has 0 heterocycles. The van der Waals surface area contributed by atoms with E-state index in [1.807, 2.05) is 0 Å². The van der Waals surface area contributed by atoms with E-state index in [1.54, 1.807) is 24.3 Å². The summed E-state index contributed by atoms with van der Waals surface area (Å²) < 4.78 is 0.989. The van der Waals surface area contributed by atoms with E-state index in [0.29, 0.717) is 11.1 Å². The third-order valence-electron chi connectivity index (χ3n) is 2.68. The van der Waals surface area contributed by atoms with Crippen LogP contribution in [0.1, 0.15) is 15.9 Å². The van der Waals surface area contributed by atoms with E-state index in [0.717, 1.165) is 3.57 Å². The molecule has 0 spiro atoms. The zero-order chi connectivity index (χ0) is 16.1. The van der Waals surface area contributed by atoms with Gasteiger partial charge < -0.3 is 10.6 Å². The molecule has 0 radical (unpaired) electrons. The molecule has 0 amide bonds. The van der Waals surface area contributed by atoms with Gasteiger partial charge in [-0.2, -0.15) is 0 Å². The van der Waals surface area contributed by atoms with Crippen LogP contribution in [0.5, 0.6) is 0 Å². The van der Waals surface area contributed by atoms with Crippen molar-refractivity contribution in [1.29, 1.82) is 0 Å². The Bertz CT molecular complexity index is 727. The maximum absolute atomic E-state index is 11.8. The number of non-ortho nitro benzene ring substituents is 1. The van der Waals surface area contributed by atoms with Crippen LogP contribution in [0, 0.1) is 13.7 Å². The zero-order valence-electron chi connectivity index (χ0n) is 11.1. The molecular weight excluding hydrogens is 401 g/mol. The van der Waals surface area contributed by atoms with Crippen molar-refractivity contribution in [1.82, 2.24) is 0 Å². The Hall–Kier alpha value is -2.49. The fourth-order valence-corrected chi connectivity index (χ4v) is 1.90. The topological polar surface area (TPSA) is 108 Å². The molecular formula is C14H10IN3O4. The highest BCUT2D eigenvalue weighted by atomic mass is 127. The molecule has 8 heteroatoms. The minimum Gasteiger partial charge on any atom is -0.380 e. The van der Waals surface area contributed by atoms with E-state index in [9.17, 15) is 14.9 Å². The first-order valence-corrected chi connectivity index (χ1v) is 7.10. The number of hydrogen-bond donors (Lipinski definition) is 1. The van der Waals surface area contributed by atoms with Gasteiger partial charge in [0.15, 0.2) is 5.84 Å². The fourth-order valence-electron chi connectivity index (χ4n) is 1.54. The molecule has 0 bridgehead atoms. The lowest BCUT2D eigenvalue weighted by Gasteiger charge is -2.01. The molecule has 2 aromatic carbocycles. The van der Waals surface area contributed by atoms with Gasteiger partial charge in [-0.25, -0.2) is 4.79 Å². The van der Waals surface area contributed by atoms with Gasteiger partial charge in [0.05, 0.1) is 10.5 Å². The summed E-state index contributed by atoms with van der Waals surface area (Å²) in [6, 6.07) is 12.2. The molecule has 7 nitrogen and oxygen atoms in total. The van der Waals surface area contributed by atoms with Gasteiger partial charge in [0.25, 0.3) is 5.69 Å². The standard InChI is InChI=1S/C14H10IN3O4/c15-11-5-1-10(2-6-11)14(19)22-17-13(16)9-3-7-12(8-4-9)18(20)21/h1-8H,(H2,16,17). The molecule has 0 aliphatic rings. The van der Waals surface area contributed by atoms with Gasteiger partial charge in [-0.15, -0.1) is 0 Å². The van der Waals surface area contributed by atoms with Crippen LogP contribution in [0.25, 0.3) is 0 Å². The first-order chi connectivity index (χ1) is 10.5. The quantitative estimate of drug-likeness (QED) is 0.208. The van der Waals surface area contributed by atoms with Crippen molar-refractivity contribution in [3.05, 3.63) is 73.3 Å². The summed E-state index contributed by atoms with van der Waals surface area (Å²) >= 11 is 2.12. The molecule has 22 heavy (non-hydrogen) atoms. The summed E-state index contributed by atoms with van der Waals surface area (Å²) in [7, 11) is 0. The van der Waals surface area contributed by atoms with Gasteiger partial charge in [0.2, 0.25) is 0 Å². The summed E-state index contributed by atoms with van der Waals surface area (Å²) in [6.07, 6.45) is 0. The summed E-state index contributed by atoms with van der Waals surface area (Å²) in [5.74, 6) is -0.685. The second kappa shape index (κ2) is 6.98. The molecule has 0 unspecified atom stereocenters. The minimum atomic E-state index is -0.638. The number of nitro benzene ring substituents is 1. The summed E-state index contributed by atoms with van der Waals surface area (Å²) in [4.78, 5) is 26.5. The van der Waals surface area contributed by atoms with Gasteiger partial charge in [-0.05, 0) is 59.0 Å². The Balaban J connectivity index is 2.07. The predicted octanol–water partition coefficient (Wildman–Crippen LogP) is 2.68. The highest BCUT2D eigenvalue weighted by molar-refractivity contribution is 14.1. The van der Waals surface area contributed by atoms with E-state index >= 15 is 0 Å². The largest absolute Gasteiger partial charge is 0.380 e. The Kier molecular flexibility index (Phi) is 5.04. The Morgan fingerprint density at radius 3 is 2.18 bits per heavy atom. The SMILES string of the molecule is NC(=NOC(=O)c1ccc(I)cc1)c1ccc([N+](=O)[O-])cc1. The Morgan fingerprint density at radius 1 is 1.09 bits per heavy atom. The number of carbonyl (C=O) groups is 1. The maximum atomic E-state index is 11.8. The van der Waals surface area contributed by atoms with Crippen molar-refractivity contribution in [2.75, 3.05) is 0 Å². The fraction of sp³-hybridized carbons (Fsp3) is 0. The number of rotatable bonds is 4. The van der Waals surface area contributed by atoms with Crippen molar-refractivity contribution < 1.29 is 14.6 Å². The molecule has 0 fully saturated rings. The predicted molar refractivity (Wildman–Crippen MR) is 88.4 cm³/mol. The monoisotopic (exact) mass is 411 g/mol. The van der Waals surface area contributed by atoms with Crippen LogP contribution in [-0.4, -0.2) is 16.7 Å². The molecule has 0 aliphatic carbocycles. The number of nitro groups is 1. The van der Waals surface area contributed by atoms with Crippen LogP contribution < -0.4 is 5.73 Å². The molecule has 2 rings (SSSR count). The zero-order valence-corrected chi connectivity index (χ0v) is 13.3. The second-order valence-electron chi connectivity index (χ2n) is 4.17. The van der Waals surface area contributed by atoms with Gasteiger partial charge in [0, 0.05) is 21.3 Å². The number of benzene rings is 2. The van der Waals surface area contributed by atoms with Crippen molar-refractivity contribution in [3.8, 4) is 0 Å². The third kappa shape index (κ3) is 4.01. The highest BCUT2D eigenvalue weighted by Gasteiger charge is 2.09. The molecule has 0 saturated carbocycles. The van der Waals surface area contributed by atoms with E-state index in [1.165, 1.54) is 24.3 Å². The summed E-state index contributed by atoms with van der Waals surface area (Å²) in [6.45, 7) is 0.